The van der Waals surface area contributed by atoms with Gasteiger partial charge in [0.1, 0.15) is 15.3 Å². The van der Waals surface area contributed by atoms with Gasteiger partial charge in [0.15, 0.2) is 9.84 Å². The van der Waals surface area contributed by atoms with Crippen LogP contribution in [-0.2, 0) is 16.4 Å². The highest BCUT2D eigenvalue weighted by atomic mass is 32.2. The summed E-state index contributed by atoms with van der Waals surface area (Å²) >= 11 is 1.43. The molecule has 0 spiro atoms. The van der Waals surface area contributed by atoms with Crippen molar-refractivity contribution >= 4 is 21.2 Å². The van der Waals surface area contributed by atoms with Crippen LogP contribution in [0.3, 0.4) is 0 Å². The van der Waals surface area contributed by atoms with Crippen molar-refractivity contribution in [2.24, 2.45) is 5.92 Å². The van der Waals surface area contributed by atoms with E-state index in [0.717, 1.165) is 24.4 Å². The molecule has 1 aliphatic heterocycles. The van der Waals surface area contributed by atoms with Gasteiger partial charge in [-0.3, -0.25) is 0 Å². The molecule has 7 heteroatoms. The molecule has 108 valence electrons. The summed E-state index contributed by atoms with van der Waals surface area (Å²) in [6.07, 6.45) is 2.43. The van der Waals surface area contributed by atoms with E-state index >= 15 is 0 Å². The van der Waals surface area contributed by atoms with Crippen LogP contribution in [0.1, 0.15) is 48.4 Å². The Hall–Kier alpha value is -0.530. The minimum Gasteiger partial charge on any atom is -0.310 e. The molecule has 1 aromatic heterocycles. The van der Waals surface area contributed by atoms with Gasteiger partial charge in [-0.15, -0.1) is 10.2 Å². The van der Waals surface area contributed by atoms with Gasteiger partial charge in [0.2, 0.25) is 0 Å². The number of sulfone groups is 1. The van der Waals surface area contributed by atoms with Crippen molar-refractivity contribution in [2.45, 2.75) is 44.9 Å². The summed E-state index contributed by atoms with van der Waals surface area (Å²) in [6.45, 7) is 5.89. The molecule has 0 radical (unpaired) electrons. The van der Waals surface area contributed by atoms with Crippen LogP contribution < -0.4 is 5.32 Å². The largest absolute Gasteiger partial charge is 0.310 e. The topological polar surface area (TPSA) is 72.0 Å². The highest BCUT2D eigenvalue weighted by Gasteiger charge is 2.32. The van der Waals surface area contributed by atoms with Crippen molar-refractivity contribution in [3.63, 3.8) is 0 Å². The molecule has 5 nitrogen and oxygen atoms in total. The SMILES string of the molecule is CC(C)CNCc1nnc(C2CCCCS2(=O)=O)s1. The van der Waals surface area contributed by atoms with Crippen LogP contribution in [0.2, 0.25) is 0 Å². The van der Waals surface area contributed by atoms with Crippen molar-refractivity contribution in [3.8, 4) is 0 Å². The fourth-order valence-corrected chi connectivity index (χ4v) is 5.35. The minimum absolute atomic E-state index is 0.290. The van der Waals surface area contributed by atoms with Gasteiger partial charge in [0.05, 0.1) is 5.75 Å². The minimum atomic E-state index is -3.01. The molecule has 2 heterocycles. The summed E-state index contributed by atoms with van der Waals surface area (Å²) in [5.41, 5.74) is 0. The molecule has 0 aromatic carbocycles. The number of rotatable bonds is 5. The second kappa shape index (κ2) is 6.28. The quantitative estimate of drug-likeness (QED) is 0.900. The Morgan fingerprint density at radius 3 is 2.84 bits per heavy atom. The third kappa shape index (κ3) is 3.97. The highest BCUT2D eigenvalue weighted by molar-refractivity contribution is 7.91. The lowest BCUT2D eigenvalue weighted by Crippen LogP contribution is -2.21. The lowest BCUT2D eigenvalue weighted by atomic mass is 10.2. The van der Waals surface area contributed by atoms with E-state index in [1.54, 1.807) is 0 Å². The Labute approximate surface area is 118 Å². The van der Waals surface area contributed by atoms with Gasteiger partial charge >= 0.3 is 0 Å². The Balaban J connectivity index is 2.00. The fraction of sp³-hybridized carbons (Fsp3) is 0.833. The van der Waals surface area contributed by atoms with Crippen molar-refractivity contribution < 1.29 is 8.42 Å². The molecule has 1 unspecified atom stereocenters. The molecule has 1 saturated heterocycles. The molecule has 0 amide bonds. The number of hydrogen-bond donors (Lipinski definition) is 1. The van der Waals surface area contributed by atoms with E-state index in [0.29, 0.717) is 23.9 Å². The molecule has 0 bridgehead atoms. The first-order valence-corrected chi connectivity index (χ1v) is 9.27. The van der Waals surface area contributed by atoms with Crippen LogP contribution >= 0.6 is 11.3 Å². The van der Waals surface area contributed by atoms with Gasteiger partial charge in [-0.05, 0) is 25.3 Å². The molecule has 1 fully saturated rings. The summed E-state index contributed by atoms with van der Waals surface area (Å²) in [5.74, 6) is 0.879. The fourth-order valence-electron chi connectivity index (χ4n) is 2.17. The van der Waals surface area contributed by atoms with E-state index in [-0.39, 0.29) is 5.75 Å². The molecular formula is C12H21N3O2S2. The highest BCUT2D eigenvalue weighted by Crippen LogP contribution is 2.34. The predicted octanol–water partition coefficient (Wildman–Crippen LogP) is 1.92. The molecule has 2 rings (SSSR count). The first-order chi connectivity index (χ1) is 8.99. The maximum absolute atomic E-state index is 12.0. The number of nitrogens with zero attached hydrogens (tertiary/aromatic N) is 2. The summed E-state index contributed by atoms with van der Waals surface area (Å²) < 4.78 is 24.0. The summed E-state index contributed by atoms with van der Waals surface area (Å²) in [7, 11) is -3.01. The number of nitrogens with one attached hydrogen (secondary N) is 1. The van der Waals surface area contributed by atoms with E-state index in [9.17, 15) is 8.42 Å². The molecule has 0 saturated carbocycles. The second-order valence-corrected chi connectivity index (χ2v) is 8.81. The van der Waals surface area contributed by atoms with E-state index in [2.05, 4.69) is 29.4 Å². The molecule has 1 atom stereocenters. The normalized spacial score (nSPS) is 22.8. The van der Waals surface area contributed by atoms with Gasteiger partial charge in [0, 0.05) is 6.54 Å². The molecule has 1 aromatic rings. The average Bonchev–Trinajstić information content (AvgIpc) is 2.76. The Morgan fingerprint density at radius 2 is 2.16 bits per heavy atom. The first kappa shape index (κ1) is 14.9. The van der Waals surface area contributed by atoms with E-state index in [1.165, 1.54) is 11.3 Å². The van der Waals surface area contributed by atoms with Crippen LogP contribution in [0, 0.1) is 5.92 Å². The van der Waals surface area contributed by atoms with Crippen molar-refractivity contribution in [3.05, 3.63) is 10.0 Å². The van der Waals surface area contributed by atoms with Gasteiger partial charge < -0.3 is 5.32 Å². The lowest BCUT2D eigenvalue weighted by molar-refractivity contribution is 0.543. The smallest absolute Gasteiger partial charge is 0.159 e. The molecule has 0 aliphatic carbocycles. The van der Waals surface area contributed by atoms with Crippen LogP contribution in [-0.4, -0.2) is 30.9 Å². The first-order valence-electron chi connectivity index (χ1n) is 6.73. The van der Waals surface area contributed by atoms with E-state index in [4.69, 9.17) is 0 Å². The van der Waals surface area contributed by atoms with Crippen LogP contribution in [0.4, 0.5) is 0 Å². The third-order valence-electron chi connectivity index (χ3n) is 3.17. The third-order valence-corrected chi connectivity index (χ3v) is 6.54. The standard InChI is InChI=1S/C12H21N3O2S2/c1-9(2)7-13-8-11-14-15-12(18-11)10-5-3-4-6-19(10,16)17/h9-10,13H,3-8H2,1-2H3. The molecule has 1 aliphatic rings. The maximum atomic E-state index is 12.0. The number of hydrogen-bond acceptors (Lipinski definition) is 6. The number of aromatic nitrogens is 2. The molecule has 1 N–H and O–H groups in total. The monoisotopic (exact) mass is 303 g/mol. The van der Waals surface area contributed by atoms with Crippen molar-refractivity contribution in [1.82, 2.24) is 15.5 Å². The summed E-state index contributed by atoms with van der Waals surface area (Å²) in [4.78, 5) is 0. The van der Waals surface area contributed by atoms with Gasteiger partial charge in [-0.25, -0.2) is 8.42 Å². The van der Waals surface area contributed by atoms with Gasteiger partial charge in [-0.2, -0.15) is 0 Å². The lowest BCUT2D eigenvalue weighted by Gasteiger charge is -2.19. The van der Waals surface area contributed by atoms with E-state index in [1.807, 2.05) is 0 Å². The Bertz CT molecular complexity index is 511. The predicted molar refractivity (Wildman–Crippen MR) is 76.8 cm³/mol. The van der Waals surface area contributed by atoms with Crippen molar-refractivity contribution in [1.29, 1.82) is 0 Å². The Morgan fingerprint density at radius 1 is 1.37 bits per heavy atom. The van der Waals surface area contributed by atoms with E-state index < -0.39 is 15.1 Å². The van der Waals surface area contributed by atoms with Crippen molar-refractivity contribution in [2.75, 3.05) is 12.3 Å². The average molecular weight is 303 g/mol. The zero-order valence-electron chi connectivity index (χ0n) is 11.4. The molecule has 19 heavy (non-hydrogen) atoms. The van der Waals surface area contributed by atoms with Gasteiger partial charge in [0.25, 0.3) is 0 Å². The second-order valence-electron chi connectivity index (χ2n) is 5.41. The van der Waals surface area contributed by atoms with Crippen LogP contribution in [0.15, 0.2) is 0 Å². The Kier molecular flexibility index (Phi) is 4.92. The summed E-state index contributed by atoms with van der Waals surface area (Å²) in [6, 6.07) is 0. The molecular weight excluding hydrogens is 282 g/mol. The zero-order chi connectivity index (χ0) is 13.9. The van der Waals surface area contributed by atoms with Gasteiger partial charge in [-0.1, -0.05) is 31.6 Å². The zero-order valence-corrected chi connectivity index (χ0v) is 13.1. The van der Waals surface area contributed by atoms with Crippen LogP contribution in [0.5, 0.6) is 0 Å². The maximum Gasteiger partial charge on any atom is 0.159 e. The summed E-state index contributed by atoms with van der Waals surface area (Å²) in [5, 5.41) is 12.6. The van der Waals surface area contributed by atoms with Crippen LogP contribution in [0.25, 0.3) is 0 Å².